The van der Waals surface area contributed by atoms with Gasteiger partial charge in [0.15, 0.2) is 0 Å². The molecule has 0 N–H and O–H groups in total. The van der Waals surface area contributed by atoms with Crippen LogP contribution >= 0.6 is 15.9 Å². The third kappa shape index (κ3) is 6.03. The molecule has 1 saturated carbocycles. The fourth-order valence-corrected chi connectivity index (χ4v) is 4.18. The number of alkyl halides is 1. The van der Waals surface area contributed by atoms with Crippen LogP contribution in [0.4, 0.5) is 0 Å². The van der Waals surface area contributed by atoms with Gasteiger partial charge in [0.25, 0.3) is 0 Å². The van der Waals surface area contributed by atoms with Crippen LogP contribution in [0.5, 0.6) is 0 Å². The zero-order valence-electron chi connectivity index (χ0n) is 13.8. The minimum Gasteiger partial charge on any atom is -0.382 e. The number of rotatable bonds is 8. The lowest BCUT2D eigenvalue weighted by Gasteiger charge is -2.43. The first kappa shape index (κ1) is 18.4. The number of hydrogen-bond acceptors (Lipinski definition) is 2. The van der Waals surface area contributed by atoms with Gasteiger partial charge in [-0.1, -0.05) is 36.7 Å². The molecule has 0 aromatic rings. The van der Waals surface area contributed by atoms with Gasteiger partial charge < -0.3 is 9.47 Å². The third-order valence-electron chi connectivity index (χ3n) is 4.98. The van der Waals surface area contributed by atoms with E-state index in [0.29, 0.717) is 17.4 Å². The molecule has 0 aromatic heterocycles. The second-order valence-corrected chi connectivity index (χ2v) is 8.04. The van der Waals surface area contributed by atoms with Gasteiger partial charge in [0.1, 0.15) is 0 Å². The minimum absolute atomic E-state index is 0.474. The van der Waals surface area contributed by atoms with Gasteiger partial charge in [0.05, 0.1) is 13.2 Å². The highest BCUT2D eigenvalue weighted by molar-refractivity contribution is 9.09. The Bertz CT molecular complexity index is 252. The number of methoxy groups -OCH3 is 1. The molecule has 120 valence electrons. The summed E-state index contributed by atoms with van der Waals surface area (Å²) in [5.41, 5.74) is 0.994. The molecule has 0 atom stereocenters. The third-order valence-corrected chi connectivity index (χ3v) is 6.17. The van der Waals surface area contributed by atoms with E-state index in [9.17, 15) is 0 Å². The molecule has 20 heavy (non-hydrogen) atoms. The molecule has 0 unspecified atom stereocenters. The molecule has 0 aromatic carbocycles. The zero-order valence-corrected chi connectivity index (χ0v) is 15.4. The van der Waals surface area contributed by atoms with Gasteiger partial charge in [-0.2, -0.15) is 0 Å². The molecule has 3 heteroatoms. The molecule has 0 radical (unpaired) electrons. The van der Waals surface area contributed by atoms with Crippen LogP contribution in [0.25, 0.3) is 0 Å². The molecule has 1 aliphatic carbocycles. The summed E-state index contributed by atoms with van der Waals surface area (Å²) in [4.78, 5) is 0. The van der Waals surface area contributed by atoms with Crippen molar-refractivity contribution in [3.05, 3.63) is 0 Å². The van der Waals surface area contributed by atoms with Crippen LogP contribution in [0, 0.1) is 16.7 Å². The lowest BCUT2D eigenvalue weighted by atomic mass is 9.63. The lowest BCUT2D eigenvalue weighted by molar-refractivity contribution is 0.0545. The summed E-state index contributed by atoms with van der Waals surface area (Å²) in [5.74, 6) is 0.896. The van der Waals surface area contributed by atoms with Gasteiger partial charge in [-0.3, -0.25) is 0 Å². The minimum atomic E-state index is 0.474. The summed E-state index contributed by atoms with van der Waals surface area (Å²) in [6.07, 6.45) is 7.99. The maximum absolute atomic E-state index is 5.59. The molecule has 0 saturated heterocycles. The highest BCUT2D eigenvalue weighted by atomic mass is 79.9. The zero-order chi connectivity index (χ0) is 15.1. The fourth-order valence-electron chi connectivity index (χ4n) is 3.34. The van der Waals surface area contributed by atoms with Crippen molar-refractivity contribution in [3.63, 3.8) is 0 Å². The average molecular weight is 349 g/mol. The predicted molar refractivity (Wildman–Crippen MR) is 89.6 cm³/mol. The molecular formula is C17H33BrO2. The van der Waals surface area contributed by atoms with E-state index < -0.39 is 0 Å². The van der Waals surface area contributed by atoms with E-state index in [4.69, 9.17) is 9.47 Å². The second kappa shape index (κ2) is 8.75. The topological polar surface area (TPSA) is 18.5 Å². The van der Waals surface area contributed by atoms with Gasteiger partial charge in [0.2, 0.25) is 0 Å². The van der Waals surface area contributed by atoms with Crippen LogP contribution in [-0.4, -0.2) is 32.3 Å². The van der Waals surface area contributed by atoms with Crippen LogP contribution in [0.3, 0.4) is 0 Å². The van der Waals surface area contributed by atoms with Crippen LogP contribution in [0.15, 0.2) is 0 Å². The van der Waals surface area contributed by atoms with Crippen molar-refractivity contribution in [2.45, 2.75) is 59.3 Å². The number of hydrogen-bond donors (Lipinski definition) is 0. The summed E-state index contributed by atoms with van der Waals surface area (Å²) < 4.78 is 10.6. The molecule has 0 amide bonds. The van der Waals surface area contributed by atoms with Gasteiger partial charge in [-0.15, -0.1) is 0 Å². The Labute approximate surface area is 134 Å². The van der Waals surface area contributed by atoms with E-state index in [1.165, 1.54) is 38.5 Å². The quantitative estimate of drug-likeness (QED) is 0.451. The Balaban J connectivity index is 2.28. The Morgan fingerprint density at radius 3 is 2.25 bits per heavy atom. The molecule has 0 spiro atoms. The summed E-state index contributed by atoms with van der Waals surface area (Å²) in [7, 11) is 1.72. The van der Waals surface area contributed by atoms with E-state index in [0.717, 1.165) is 24.5 Å². The van der Waals surface area contributed by atoms with Crippen molar-refractivity contribution >= 4 is 15.9 Å². The first-order valence-electron chi connectivity index (χ1n) is 8.06. The van der Waals surface area contributed by atoms with Crippen molar-refractivity contribution in [3.8, 4) is 0 Å². The highest BCUT2D eigenvalue weighted by Crippen LogP contribution is 2.48. The lowest BCUT2D eigenvalue weighted by Crippen LogP contribution is -2.34. The van der Waals surface area contributed by atoms with Crippen LogP contribution < -0.4 is 0 Å². The standard InChI is InChI=1S/C17H33BrO2/c1-16(2,3)15-6-9-17(14-18,10-7-15)8-5-11-20-13-12-19-4/h15H,5-14H2,1-4H3. The Morgan fingerprint density at radius 2 is 1.75 bits per heavy atom. The summed E-state index contributed by atoms with van der Waals surface area (Å²) in [5, 5.41) is 1.15. The van der Waals surface area contributed by atoms with Gasteiger partial charge >= 0.3 is 0 Å². The fraction of sp³-hybridized carbons (Fsp3) is 1.00. The van der Waals surface area contributed by atoms with E-state index >= 15 is 0 Å². The van der Waals surface area contributed by atoms with Crippen molar-refractivity contribution in [1.82, 2.24) is 0 Å². The van der Waals surface area contributed by atoms with Crippen molar-refractivity contribution < 1.29 is 9.47 Å². The number of halogens is 1. The predicted octanol–water partition coefficient (Wildman–Crippen LogP) is 5.05. The summed E-state index contributed by atoms with van der Waals surface area (Å²) in [6.45, 7) is 9.48. The van der Waals surface area contributed by atoms with Crippen molar-refractivity contribution in [2.24, 2.45) is 16.7 Å². The van der Waals surface area contributed by atoms with Gasteiger partial charge in [0, 0.05) is 19.0 Å². The van der Waals surface area contributed by atoms with Crippen LogP contribution in [0.2, 0.25) is 0 Å². The van der Waals surface area contributed by atoms with E-state index in [2.05, 4.69) is 36.7 Å². The van der Waals surface area contributed by atoms with E-state index in [1.807, 2.05) is 0 Å². The molecule has 0 bridgehead atoms. The monoisotopic (exact) mass is 348 g/mol. The highest BCUT2D eigenvalue weighted by Gasteiger charge is 2.37. The van der Waals surface area contributed by atoms with Crippen molar-refractivity contribution in [2.75, 3.05) is 32.3 Å². The Kier molecular flexibility index (Phi) is 8.07. The molecule has 0 heterocycles. The SMILES string of the molecule is COCCOCCCC1(CBr)CCC(C(C)(C)C)CC1. The van der Waals surface area contributed by atoms with Gasteiger partial charge in [-0.05, 0) is 55.3 Å². The normalized spacial score (nSPS) is 27.8. The van der Waals surface area contributed by atoms with E-state index in [1.54, 1.807) is 7.11 Å². The summed E-state index contributed by atoms with van der Waals surface area (Å²) >= 11 is 3.77. The molecule has 1 aliphatic rings. The maximum atomic E-state index is 5.59. The first-order chi connectivity index (χ1) is 9.43. The number of ether oxygens (including phenoxy) is 2. The van der Waals surface area contributed by atoms with Crippen LogP contribution in [-0.2, 0) is 9.47 Å². The van der Waals surface area contributed by atoms with Crippen molar-refractivity contribution in [1.29, 1.82) is 0 Å². The molecule has 1 fully saturated rings. The van der Waals surface area contributed by atoms with Gasteiger partial charge in [-0.25, -0.2) is 0 Å². The first-order valence-corrected chi connectivity index (χ1v) is 9.18. The smallest absolute Gasteiger partial charge is 0.0700 e. The molecule has 2 nitrogen and oxygen atoms in total. The molecular weight excluding hydrogens is 316 g/mol. The van der Waals surface area contributed by atoms with Crippen LogP contribution in [0.1, 0.15) is 59.3 Å². The van der Waals surface area contributed by atoms with E-state index in [-0.39, 0.29) is 0 Å². The average Bonchev–Trinajstić information content (AvgIpc) is 2.42. The Hall–Kier alpha value is 0.400. The largest absolute Gasteiger partial charge is 0.382 e. The molecule has 1 rings (SSSR count). The Morgan fingerprint density at radius 1 is 1.10 bits per heavy atom. The second-order valence-electron chi connectivity index (χ2n) is 7.48. The summed E-state index contributed by atoms with van der Waals surface area (Å²) in [6, 6.07) is 0. The maximum Gasteiger partial charge on any atom is 0.0700 e. The molecule has 0 aliphatic heterocycles.